The van der Waals surface area contributed by atoms with Crippen molar-refractivity contribution in [1.29, 1.82) is 0 Å². The van der Waals surface area contributed by atoms with Gasteiger partial charge in [0.2, 0.25) is 5.82 Å². The summed E-state index contributed by atoms with van der Waals surface area (Å²) in [5.41, 5.74) is 0.672. The van der Waals surface area contributed by atoms with E-state index in [4.69, 9.17) is 9.47 Å². The molecule has 0 bridgehead atoms. The summed E-state index contributed by atoms with van der Waals surface area (Å²) in [4.78, 5) is 0. The van der Waals surface area contributed by atoms with Crippen LogP contribution in [0, 0.1) is 23.5 Å². The lowest BCUT2D eigenvalue weighted by Crippen LogP contribution is -1.99. The first-order chi connectivity index (χ1) is 12.7. The summed E-state index contributed by atoms with van der Waals surface area (Å²) in [5, 5.41) is 0. The average Bonchev–Trinajstić information content (AvgIpc) is 2.66. The van der Waals surface area contributed by atoms with Crippen LogP contribution in [-0.4, -0.2) is 13.2 Å². The molecule has 0 saturated heterocycles. The summed E-state index contributed by atoms with van der Waals surface area (Å²) in [5.74, 6) is 4.03. The molecule has 4 heteroatoms. The second-order valence-corrected chi connectivity index (χ2v) is 5.67. The number of benzene rings is 2. The number of unbranched alkanes of at least 4 members (excludes halogenated alkanes) is 2. The molecule has 0 aromatic heterocycles. The first-order valence-corrected chi connectivity index (χ1v) is 8.62. The highest BCUT2D eigenvalue weighted by Gasteiger charge is 2.13. The molecule has 2 rings (SSSR count). The molecule has 0 atom stereocenters. The van der Waals surface area contributed by atoms with Crippen molar-refractivity contribution in [2.75, 3.05) is 13.2 Å². The second kappa shape index (κ2) is 10.2. The first kappa shape index (κ1) is 19.5. The molecule has 0 N–H and O–H groups in total. The summed E-state index contributed by atoms with van der Waals surface area (Å²) in [6.45, 7) is 6.40. The van der Waals surface area contributed by atoms with Crippen LogP contribution in [-0.2, 0) is 0 Å². The highest BCUT2D eigenvalue weighted by atomic mass is 19.2. The molecule has 0 spiro atoms. The number of hydrogen-bond acceptors (Lipinski definition) is 2. The van der Waals surface area contributed by atoms with Gasteiger partial charge in [-0.2, -0.15) is 4.39 Å². The molecule has 26 heavy (non-hydrogen) atoms. The van der Waals surface area contributed by atoms with Crippen LogP contribution in [0.15, 0.2) is 49.1 Å². The maximum Gasteiger partial charge on any atom is 0.201 e. The Balaban J connectivity index is 2.04. The van der Waals surface area contributed by atoms with E-state index in [2.05, 4.69) is 25.3 Å². The topological polar surface area (TPSA) is 18.5 Å². The summed E-state index contributed by atoms with van der Waals surface area (Å²) < 4.78 is 38.7. The Morgan fingerprint density at radius 3 is 2.42 bits per heavy atom. The fraction of sp³-hybridized carbons (Fsp3) is 0.273. The van der Waals surface area contributed by atoms with Gasteiger partial charge in [0.1, 0.15) is 12.4 Å². The van der Waals surface area contributed by atoms with Gasteiger partial charge in [0.15, 0.2) is 11.6 Å². The maximum atomic E-state index is 14.1. The van der Waals surface area contributed by atoms with E-state index in [9.17, 15) is 8.78 Å². The highest BCUT2D eigenvalue weighted by molar-refractivity contribution is 5.46. The molecule has 2 aromatic carbocycles. The molecule has 136 valence electrons. The smallest absolute Gasteiger partial charge is 0.201 e. The van der Waals surface area contributed by atoms with E-state index in [-0.39, 0.29) is 17.9 Å². The van der Waals surface area contributed by atoms with Crippen molar-refractivity contribution < 1.29 is 18.3 Å². The van der Waals surface area contributed by atoms with E-state index in [1.54, 1.807) is 12.1 Å². The van der Waals surface area contributed by atoms with Gasteiger partial charge in [-0.1, -0.05) is 44.3 Å². The zero-order valence-corrected chi connectivity index (χ0v) is 14.9. The molecule has 0 unspecified atom stereocenters. The Bertz CT molecular complexity index is 786. The van der Waals surface area contributed by atoms with Gasteiger partial charge in [-0.15, -0.1) is 0 Å². The van der Waals surface area contributed by atoms with E-state index < -0.39 is 11.6 Å². The molecule has 0 aliphatic carbocycles. The molecule has 0 amide bonds. The fourth-order valence-corrected chi connectivity index (χ4v) is 2.20. The van der Waals surface area contributed by atoms with Crippen LogP contribution in [0.5, 0.6) is 11.5 Å². The van der Waals surface area contributed by atoms with Gasteiger partial charge in [0, 0.05) is 5.56 Å². The molecule has 0 aliphatic rings. The number of ether oxygens (including phenoxy) is 2. The summed E-state index contributed by atoms with van der Waals surface area (Å²) in [6, 6.07) is 9.97. The third-order valence-corrected chi connectivity index (χ3v) is 3.62. The van der Waals surface area contributed by atoms with Crippen LogP contribution in [0.25, 0.3) is 0 Å². The normalized spacial score (nSPS) is 9.96. The zero-order valence-electron chi connectivity index (χ0n) is 14.9. The Kier molecular flexibility index (Phi) is 7.70. The lowest BCUT2D eigenvalue weighted by molar-refractivity contribution is 0.306. The van der Waals surface area contributed by atoms with Crippen molar-refractivity contribution in [1.82, 2.24) is 0 Å². The first-order valence-electron chi connectivity index (χ1n) is 8.62. The van der Waals surface area contributed by atoms with Crippen LogP contribution in [0.1, 0.15) is 37.3 Å². The fourth-order valence-electron chi connectivity index (χ4n) is 2.20. The molecule has 0 fully saturated rings. The van der Waals surface area contributed by atoms with E-state index in [1.165, 1.54) is 18.2 Å². The Labute approximate surface area is 153 Å². The van der Waals surface area contributed by atoms with Gasteiger partial charge in [-0.25, -0.2) is 4.39 Å². The Morgan fingerprint density at radius 1 is 0.962 bits per heavy atom. The molecule has 0 aliphatic heterocycles. The largest absolute Gasteiger partial charge is 0.494 e. The van der Waals surface area contributed by atoms with Crippen LogP contribution < -0.4 is 9.47 Å². The van der Waals surface area contributed by atoms with Crippen molar-refractivity contribution >= 4 is 0 Å². The monoisotopic (exact) mass is 356 g/mol. The summed E-state index contributed by atoms with van der Waals surface area (Å²) in [7, 11) is 0. The van der Waals surface area contributed by atoms with Gasteiger partial charge in [0.05, 0.1) is 12.2 Å². The zero-order chi connectivity index (χ0) is 18.8. The Morgan fingerprint density at radius 2 is 1.73 bits per heavy atom. The SMILES string of the molecule is C=CCOc1ccc(C#Cc2ccc(OCCCCC)cc2)c(F)c1F. The average molecular weight is 356 g/mol. The van der Waals surface area contributed by atoms with Crippen molar-refractivity contribution in [3.05, 3.63) is 71.8 Å². The van der Waals surface area contributed by atoms with Crippen molar-refractivity contribution in [2.45, 2.75) is 26.2 Å². The molecule has 2 nitrogen and oxygen atoms in total. The molecular weight excluding hydrogens is 334 g/mol. The van der Waals surface area contributed by atoms with Gasteiger partial charge in [0.25, 0.3) is 0 Å². The minimum absolute atomic E-state index is 0.0201. The van der Waals surface area contributed by atoms with Gasteiger partial charge in [-0.05, 0) is 42.8 Å². The van der Waals surface area contributed by atoms with Gasteiger partial charge >= 0.3 is 0 Å². The number of halogens is 2. The van der Waals surface area contributed by atoms with Crippen LogP contribution in [0.2, 0.25) is 0 Å². The van der Waals surface area contributed by atoms with E-state index in [0.717, 1.165) is 25.0 Å². The Hall–Kier alpha value is -2.80. The number of rotatable bonds is 8. The van der Waals surface area contributed by atoms with Crippen LogP contribution in [0.4, 0.5) is 8.78 Å². The predicted molar refractivity (Wildman–Crippen MR) is 99.5 cm³/mol. The highest BCUT2D eigenvalue weighted by Crippen LogP contribution is 2.22. The van der Waals surface area contributed by atoms with Crippen LogP contribution in [0.3, 0.4) is 0 Å². The molecule has 0 heterocycles. The molecule has 0 radical (unpaired) electrons. The number of hydrogen-bond donors (Lipinski definition) is 0. The van der Waals surface area contributed by atoms with Gasteiger partial charge < -0.3 is 9.47 Å². The van der Waals surface area contributed by atoms with Crippen LogP contribution >= 0.6 is 0 Å². The standard InChI is InChI=1S/C22H22F2O2/c1-3-5-6-16-25-19-12-8-17(9-13-19)7-10-18-11-14-20(26-15-4-2)22(24)21(18)23/h4,8-9,11-14H,2-3,5-6,15-16H2,1H3. The van der Waals surface area contributed by atoms with E-state index in [1.807, 2.05) is 12.1 Å². The molecular formula is C22H22F2O2. The van der Waals surface area contributed by atoms with E-state index >= 15 is 0 Å². The molecule has 0 saturated carbocycles. The maximum absolute atomic E-state index is 14.1. The van der Waals surface area contributed by atoms with Crippen molar-refractivity contribution in [3.63, 3.8) is 0 Å². The third-order valence-electron chi connectivity index (χ3n) is 3.62. The quantitative estimate of drug-likeness (QED) is 0.353. The van der Waals surface area contributed by atoms with Crippen molar-refractivity contribution in [2.24, 2.45) is 0 Å². The lowest BCUT2D eigenvalue weighted by atomic mass is 10.1. The summed E-state index contributed by atoms with van der Waals surface area (Å²) >= 11 is 0. The van der Waals surface area contributed by atoms with E-state index in [0.29, 0.717) is 12.2 Å². The summed E-state index contributed by atoms with van der Waals surface area (Å²) in [6.07, 6.45) is 4.77. The second-order valence-electron chi connectivity index (χ2n) is 5.67. The van der Waals surface area contributed by atoms with Crippen molar-refractivity contribution in [3.8, 4) is 23.3 Å². The minimum Gasteiger partial charge on any atom is -0.494 e. The predicted octanol–water partition coefficient (Wildman–Crippen LogP) is 5.50. The minimum atomic E-state index is -1.05. The third kappa shape index (κ3) is 5.63. The lowest BCUT2D eigenvalue weighted by Gasteiger charge is -2.06. The van der Waals surface area contributed by atoms with Gasteiger partial charge in [-0.3, -0.25) is 0 Å². The molecule has 2 aromatic rings.